The van der Waals surface area contributed by atoms with Gasteiger partial charge in [-0.2, -0.15) is 0 Å². The van der Waals surface area contributed by atoms with E-state index >= 15 is 0 Å². The number of nitrogens with one attached hydrogen (secondary N) is 2. The van der Waals surface area contributed by atoms with Crippen LogP contribution in [0.15, 0.2) is 42.5 Å². The van der Waals surface area contributed by atoms with E-state index in [2.05, 4.69) is 48.4 Å². The van der Waals surface area contributed by atoms with Gasteiger partial charge in [0.05, 0.1) is 26.0 Å². The Morgan fingerprint density at radius 2 is 1.77 bits per heavy atom. The van der Waals surface area contributed by atoms with Crippen LogP contribution in [0.2, 0.25) is 0 Å². The van der Waals surface area contributed by atoms with E-state index in [0.717, 1.165) is 49.1 Å². The fourth-order valence-electron chi connectivity index (χ4n) is 3.41. The van der Waals surface area contributed by atoms with Crippen LogP contribution in [-0.4, -0.2) is 45.4 Å². The van der Waals surface area contributed by atoms with Crippen molar-refractivity contribution in [1.29, 1.82) is 0 Å². The van der Waals surface area contributed by atoms with Crippen LogP contribution in [0.3, 0.4) is 0 Å². The van der Waals surface area contributed by atoms with Gasteiger partial charge in [-0.15, -0.1) is 0 Å². The van der Waals surface area contributed by atoms with Crippen molar-refractivity contribution in [1.82, 2.24) is 0 Å². The number of rotatable bonds is 6. The maximum absolute atomic E-state index is 12.7. The highest BCUT2D eigenvalue weighted by atomic mass is 16.5. The number of benzene rings is 2. The van der Waals surface area contributed by atoms with E-state index in [-0.39, 0.29) is 11.3 Å². The van der Waals surface area contributed by atoms with Crippen LogP contribution in [0, 0.1) is 0 Å². The third kappa shape index (κ3) is 5.45. The number of hydrogen-bond acceptors (Lipinski definition) is 5. The van der Waals surface area contributed by atoms with E-state index in [4.69, 9.17) is 9.47 Å². The largest absolute Gasteiger partial charge is 0.495 e. The Morgan fingerprint density at radius 3 is 2.37 bits per heavy atom. The molecule has 0 saturated carbocycles. The smallest absolute Gasteiger partial charge is 0.246 e. The minimum Gasteiger partial charge on any atom is -0.495 e. The number of ether oxygens (including phenoxy) is 2. The van der Waals surface area contributed by atoms with Gasteiger partial charge in [0.25, 0.3) is 0 Å². The molecule has 6 heteroatoms. The second kappa shape index (κ2) is 9.39. The molecule has 6 nitrogen and oxygen atoms in total. The highest BCUT2D eigenvalue weighted by molar-refractivity contribution is 5.96. The molecule has 2 aromatic carbocycles. The molecule has 1 aliphatic heterocycles. The Balaban J connectivity index is 1.64. The zero-order valence-electron chi connectivity index (χ0n) is 18.6. The molecular formula is C24H33N3O3. The van der Waals surface area contributed by atoms with E-state index < -0.39 is 6.04 Å². The molecule has 0 unspecified atom stereocenters. The van der Waals surface area contributed by atoms with Gasteiger partial charge >= 0.3 is 0 Å². The molecule has 162 valence electrons. The summed E-state index contributed by atoms with van der Waals surface area (Å²) in [5, 5.41) is 6.29. The molecule has 1 heterocycles. The first-order valence-corrected chi connectivity index (χ1v) is 10.5. The maximum Gasteiger partial charge on any atom is 0.246 e. The fraction of sp³-hybridized carbons (Fsp3) is 0.458. The van der Waals surface area contributed by atoms with Gasteiger partial charge in [0.2, 0.25) is 5.91 Å². The summed E-state index contributed by atoms with van der Waals surface area (Å²) in [6, 6.07) is 13.6. The SMILES string of the molecule is COc1ccc(C(C)(C)C)cc1N[C@@H](C)C(=O)Nc1ccc(N2CCOCC2)cc1. The highest BCUT2D eigenvalue weighted by Gasteiger charge is 2.19. The molecular weight excluding hydrogens is 378 g/mol. The number of carbonyl (C=O) groups excluding carboxylic acids is 1. The number of hydrogen-bond donors (Lipinski definition) is 2. The lowest BCUT2D eigenvalue weighted by Gasteiger charge is -2.29. The lowest BCUT2D eigenvalue weighted by atomic mass is 9.86. The zero-order valence-corrected chi connectivity index (χ0v) is 18.6. The summed E-state index contributed by atoms with van der Waals surface area (Å²) in [6.45, 7) is 11.6. The third-order valence-electron chi connectivity index (χ3n) is 5.34. The fourth-order valence-corrected chi connectivity index (χ4v) is 3.41. The molecule has 3 rings (SSSR count). The van der Waals surface area contributed by atoms with Crippen LogP contribution in [0.1, 0.15) is 33.3 Å². The topological polar surface area (TPSA) is 62.8 Å². The van der Waals surface area contributed by atoms with Gasteiger partial charge in [-0.3, -0.25) is 4.79 Å². The van der Waals surface area contributed by atoms with Crippen molar-refractivity contribution in [2.75, 3.05) is 48.9 Å². The van der Waals surface area contributed by atoms with Crippen LogP contribution in [0.5, 0.6) is 5.75 Å². The number of carbonyl (C=O) groups is 1. The van der Waals surface area contributed by atoms with Gasteiger partial charge in [-0.25, -0.2) is 0 Å². The number of anilines is 3. The van der Waals surface area contributed by atoms with E-state index in [1.54, 1.807) is 7.11 Å². The molecule has 0 aromatic heterocycles. The first-order chi connectivity index (χ1) is 14.3. The maximum atomic E-state index is 12.7. The molecule has 1 atom stereocenters. The minimum atomic E-state index is -0.423. The molecule has 0 radical (unpaired) electrons. The van der Waals surface area contributed by atoms with E-state index in [1.165, 1.54) is 5.56 Å². The molecule has 1 saturated heterocycles. The number of morpholine rings is 1. The van der Waals surface area contributed by atoms with Crippen molar-refractivity contribution in [2.24, 2.45) is 0 Å². The number of nitrogens with zero attached hydrogens (tertiary/aromatic N) is 1. The Kier molecular flexibility index (Phi) is 6.87. The summed E-state index contributed by atoms with van der Waals surface area (Å²) in [5.74, 6) is 0.620. The Morgan fingerprint density at radius 1 is 1.10 bits per heavy atom. The molecule has 0 aliphatic carbocycles. The summed E-state index contributed by atoms with van der Waals surface area (Å²) < 4.78 is 10.9. The van der Waals surface area contributed by atoms with Gasteiger partial charge in [-0.1, -0.05) is 26.8 Å². The van der Waals surface area contributed by atoms with Crippen molar-refractivity contribution < 1.29 is 14.3 Å². The molecule has 1 fully saturated rings. The lowest BCUT2D eigenvalue weighted by molar-refractivity contribution is -0.116. The van der Waals surface area contributed by atoms with Gasteiger partial charge in [0.15, 0.2) is 0 Å². The quantitative estimate of drug-likeness (QED) is 0.743. The number of amides is 1. The first kappa shape index (κ1) is 22.0. The van der Waals surface area contributed by atoms with Crippen molar-refractivity contribution in [3.8, 4) is 5.75 Å². The van der Waals surface area contributed by atoms with Gasteiger partial charge < -0.3 is 25.0 Å². The predicted octanol–water partition coefficient (Wildman–Crippen LogP) is 4.27. The average molecular weight is 412 g/mol. The summed E-state index contributed by atoms with van der Waals surface area (Å²) >= 11 is 0. The third-order valence-corrected chi connectivity index (χ3v) is 5.34. The van der Waals surface area contributed by atoms with Crippen LogP contribution < -0.4 is 20.3 Å². The summed E-state index contributed by atoms with van der Waals surface area (Å²) in [4.78, 5) is 15.0. The molecule has 2 aromatic rings. The van der Waals surface area contributed by atoms with E-state index in [0.29, 0.717) is 0 Å². The molecule has 0 bridgehead atoms. The average Bonchev–Trinajstić information content (AvgIpc) is 2.74. The second-order valence-corrected chi connectivity index (χ2v) is 8.67. The first-order valence-electron chi connectivity index (χ1n) is 10.5. The van der Waals surface area contributed by atoms with E-state index in [9.17, 15) is 4.79 Å². The van der Waals surface area contributed by atoms with Gasteiger partial charge in [0, 0.05) is 24.5 Å². The second-order valence-electron chi connectivity index (χ2n) is 8.67. The molecule has 1 amide bonds. The van der Waals surface area contributed by atoms with Crippen molar-refractivity contribution >= 4 is 23.0 Å². The minimum absolute atomic E-state index is 0.0103. The van der Waals surface area contributed by atoms with Crippen LogP contribution >= 0.6 is 0 Å². The van der Waals surface area contributed by atoms with Gasteiger partial charge in [0.1, 0.15) is 11.8 Å². The lowest BCUT2D eigenvalue weighted by Crippen LogP contribution is -2.36. The summed E-state index contributed by atoms with van der Waals surface area (Å²) in [7, 11) is 1.64. The number of methoxy groups -OCH3 is 1. The van der Waals surface area contributed by atoms with Crippen LogP contribution in [-0.2, 0) is 14.9 Å². The standard InChI is InChI=1S/C24H33N3O3/c1-17(25-21-16-18(24(2,3)4)6-11-22(21)29-5)23(28)26-19-7-9-20(10-8-19)27-12-14-30-15-13-27/h6-11,16-17,25H,12-15H2,1-5H3,(H,26,28)/t17-/m0/s1. The van der Waals surface area contributed by atoms with Gasteiger partial charge in [-0.05, 0) is 54.3 Å². The molecule has 30 heavy (non-hydrogen) atoms. The van der Waals surface area contributed by atoms with Crippen molar-refractivity contribution in [3.63, 3.8) is 0 Å². The molecule has 0 spiro atoms. The molecule has 1 aliphatic rings. The summed E-state index contributed by atoms with van der Waals surface area (Å²) in [5.41, 5.74) is 3.93. The molecule has 2 N–H and O–H groups in total. The Labute approximate surface area is 179 Å². The normalized spacial score (nSPS) is 15.4. The van der Waals surface area contributed by atoms with Crippen LogP contribution in [0.4, 0.5) is 17.1 Å². The predicted molar refractivity (Wildman–Crippen MR) is 123 cm³/mol. The highest BCUT2D eigenvalue weighted by Crippen LogP contribution is 2.32. The van der Waals surface area contributed by atoms with Crippen molar-refractivity contribution in [2.45, 2.75) is 39.2 Å². The summed E-state index contributed by atoms with van der Waals surface area (Å²) in [6.07, 6.45) is 0. The zero-order chi connectivity index (χ0) is 21.7. The monoisotopic (exact) mass is 411 g/mol. The van der Waals surface area contributed by atoms with Crippen LogP contribution in [0.25, 0.3) is 0 Å². The Bertz CT molecular complexity index is 853. The van der Waals surface area contributed by atoms with Crippen molar-refractivity contribution in [3.05, 3.63) is 48.0 Å². The Hall–Kier alpha value is -2.73. The van der Waals surface area contributed by atoms with E-state index in [1.807, 2.05) is 37.3 Å².